The quantitative estimate of drug-likeness (QED) is 0.798. The van der Waals surface area contributed by atoms with E-state index in [2.05, 4.69) is 73.2 Å². The highest BCUT2D eigenvalue weighted by Gasteiger charge is 2.08. The predicted molar refractivity (Wildman–Crippen MR) is 86.0 cm³/mol. The molecule has 0 aliphatic heterocycles. The largest absolute Gasteiger partial charge is 0.383 e. The summed E-state index contributed by atoms with van der Waals surface area (Å²) >= 11 is 1.78. The van der Waals surface area contributed by atoms with E-state index in [0.717, 1.165) is 13.1 Å². The van der Waals surface area contributed by atoms with Crippen LogP contribution >= 0.6 is 11.3 Å². The average molecular weight is 274 g/mol. The van der Waals surface area contributed by atoms with E-state index < -0.39 is 0 Å². The highest BCUT2D eigenvalue weighted by molar-refractivity contribution is 7.13. The van der Waals surface area contributed by atoms with Crippen molar-refractivity contribution < 1.29 is 0 Å². The number of hydrogen-bond donors (Lipinski definition) is 2. The number of thiophene rings is 1. The van der Waals surface area contributed by atoms with Gasteiger partial charge >= 0.3 is 0 Å². The first-order valence-electron chi connectivity index (χ1n) is 6.68. The summed E-state index contributed by atoms with van der Waals surface area (Å²) in [6.45, 7) is 8.45. The van der Waals surface area contributed by atoms with Crippen LogP contribution in [0, 0.1) is 0 Å². The first kappa shape index (κ1) is 14.1. The van der Waals surface area contributed by atoms with Gasteiger partial charge in [0.1, 0.15) is 0 Å². The fourth-order valence-electron chi connectivity index (χ4n) is 1.92. The lowest BCUT2D eigenvalue weighted by Gasteiger charge is -2.21. The van der Waals surface area contributed by atoms with Crippen molar-refractivity contribution in [1.29, 1.82) is 0 Å². The number of nitrogens with one attached hydrogen (secondary N) is 2. The van der Waals surface area contributed by atoms with E-state index >= 15 is 0 Å². The third kappa shape index (κ3) is 4.37. The molecule has 0 radical (unpaired) electrons. The smallest absolute Gasteiger partial charge is 0.0428 e. The Balaban J connectivity index is 1.97. The average Bonchev–Trinajstić information content (AvgIpc) is 2.88. The maximum absolute atomic E-state index is 3.52. The van der Waals surface area contributed by atoms with Gasteiger partial charge in [-0.2, -0.15) is 0 Å². The normalized spacial score (nSPS) is 11.5. The molecule has 19 heavy (non-hydrogen) atoms. The number of para-hydroxylation sites is 1. The number of hydrogen-bond acceptors (Lipinski definition) is 3. The lowest BCUT2D eigenvalue weighted by Crippen LogP contribution is -2.38. The van der Waals surface area contributed by atoms with Gasteiger partial charge in [-0.1, -0.05) is 24.3 Å². The van der Waals surface area contributed by atoms with E-state index in [1.54, 1.807) is 11.3 Å². The SMILES string of the molecule is CC(C)(C)NCCNc1ccccc1-c1cccs1. The summed E-state index contributed by atoms with van der Waals surface area (Å²) < 4.78 is 0. The molecule has 1 aromatic carbocycles. The number of anilines is 1. The van der Waals surface area contributed by atoms with Crippen molar-refractivity contribution in [3.63, 3.8) is 0 Å². The second-order valence-corrected chi connectivity index (χ2v) is 6.57. The maximum atomic E-state index is 3.52. The Morgan fingerprint density at radius 2 is 1.79 bits per heavy atom. The first-order valence-corrected chi connectivity index (χ1v) is 7.56. The van der Waals surface area contributed by atoms with Gasteiger partial charge < -0.3 is 10.6 Å². The standard InChI is InChI=1S/C16H22N2S/c1-16(2,3)18-11-10-17-14-8-5-4-7-13(14)15-9-6-12-19-15/h4-9,12,17-18H,10-11H2,1-3H3. The molecule has 1 aromatic heterocycles. The molecule has 0 saturated heterocycles. The summed E-state index contributed by atoms with van der Waals surface area (Å²) in [5.41, 5.74) is 2.67. The second-order valence-electron chi connectivity index (χ2n) is 5.63. The molecule has 102 valence electrons. The van der Waals surface area contributed by atoms with Gasteiger partial charge in [-0.05, 0) is 38.3 Å². The Hall–Kier alpha value is -1.32. The van der Waals surface area contributed by atoms with Crippen LogP contribution in [0.5, 0.6) is 0 Å². The summed E-state index contributed by atoms with van der Waals surface area (Å²) in [7, 11) is 0. The molecule has 0 spiro atoms. The molecule has 0 bridgehead atoms. The molecule has 0 amide bonds. The molecule has 2 aromatic rings. The van der Waals surface area contributed by atoms with Crippen LogP contribution in [-0.2, 0) is 0 Å². The molecular weight excluding hydrogens is 252 g/mol. The van der Waals surface area contributed by atoms with Gasteiger partial charge in [0.05, 0.1) is 0 Å². The number of rotatable bonds is 5. The van der Waals surface area contributed by atoms with Crippen LogP contribution in [0.1, 0.15) is 20.8 Å². The van der Waals surface area contributed by atoms with Gasteiger partial charge in [0.2, 0.25) is 0 Å². The van der Waals surface area contributed by atoms with Crippen molar-refractivity contribution in [2.45, 2.75) is 26.3 Å². The zero-order valence-electron chi connectivity index (χ0n) is 11.9. The van der Waals surface area contributed by atoms with Gasteiger partial charge in [0, 0.05) is 34.8 Å². The molecule has 0 atom stereocenters. The van der Waals surface area contributed by atoms with E-state index in [1.165, 1.54) is 16.1 Å². The molecule has 0 aliphatic carbocycles. The van der Waals surface area contributed by atoms with Crippen LogP contribution in [0.15, 0.2) is 41.8 Å². The summed E-state index contributed by atoms with van der Waals surface area (Å²) in [6, 6.07) is 12.7. The van der Waals surface area contributed by atoms with Crippen molar-refractivity contribution in [1.82, 2.24) is 5.32 Å². The highest BCUT2D eigenvalue weighted by atomic mass is 32.1. The Labute approximate surface area is 119 Å². The fourth-order valence-corrected chi connectivity index (χ4v) is 2.68. The summed E-state index contributed by atoms with van der Waals surface area (Å²) in [6.07, 6.45) is 0. The second kappa shape index (κ2) is 6.22. The van der Waals surface area contributed by atoms with Crippen LogP contribution < -0.4 is 10.6 Å². The number of benzene rings is 1. The lowest BCUT2D eigenvalue weighted by molar-refractivity contribution is 0.435. The van der Waals surface area contributed by atoms with Crippen molar-refractivity contribution in [2.75, 3.05) is 18.4 Å². The van der Waals surface area contributed by atoms with Gasteiger partial charge in [0.15, 0.2) is 0 Å². The van der Waals surface area contributed by atoms with Gasteiger partial charge in [-0.3, -0.25) is 0 Å². The van der Waals surface area contributed by atoms with Crippen LogP contribution in [0.4, 0.5) is 5.69 Å². The van der Waals surface area contributed by atoms with Crippen molar-refractivity contribution >= 4 is 17.0 Å². The zero-order chi connectivity index (χ0) is 13.7. The highest BCUT2D eigenvalue weighted by Crippen LogP contribution is 2.31. The molecule has 2 rings (SSSR count). The van der Waals surface area contributed by atoms with Gasteiger partial charge in [-0.25, -0.2) is 0 Å². The minimum Gasteiger partial charge on any atom is -0.383 e. The molecule has 0 saturated carbocycles. The Kier molecular flexibility index (Phi) is 4.61. The molecule has 0 unspecified atom stereocenters. The molecule has 0 aliphatic rings. The minimum absolute atomic E-state index is 0.176. The Morgan fingerprint density at radius 3 is 2.47 bits per heavy atom. The fraction of sp³-hybridized carbons (Fsp3) is 0.375. The van der Waals surface area contributed by atoms with E-state index in [9.17, 15) is 0 Å². The predicted octanol–water partition coefficient (Wildman–Crippen LogP) is 4.22. The molecule has 2 N–H and O–H groups in total. The van der Waals surface area contributed by atoms with Crippen molar-refractivity contribution in [3.8, 4) is 10.4 Å². The molecule has 1 heterocycles. The first-order chi connectivity index (χ1) is 9.06. The van der Waals surface area contributed by atoms with Crippen LogP contribution in [0.25, 0.3) is 10.4 Å². The van der Waals surface area contributed by atoms with Crippen molar-refractivity contribution in [3.05, 3.63) is 41.8 Å². The molecule has 2 nitrogen and oxygen atoms in total. The van der Waals surface area contributed by atoms with Crippen LogP contribution in [0.3, 0.4) is 0 Å². The van der Waals surface area contributed by atoms with E-state index in [-0.39, 0.29) is 5.54 Å². The van der Waals surface area contributed by atoms with Crippen LogP contribution in [0.2, 0.25) is 0 Å². The van der Waals surface area contributed by atoms with Gasteiger partial charge in [0.25, 0.3) is 0 Å². The third-order valence-electron chi connectivity index (χ3n) is 2.81. The maximum Gasteiger partial charge on any atom is 0.0428 e. The third-order valence-corrected chi connectivity index (χ3v) is 3.71. The Morgan fingerprint density at radius 1 is 1.00 bits per heavy atom. The van der Waals surface area contributed by atoms with Crippen LogP contribution in [-0.4, -0.2) is 18.6 Å². The molecule has 0 fully saturated rings. The monoisotopic (exact) mass is 274 g/mol. The zero-order valence-corrected chi connectivity index (χ0v) is 12.7. The summed E-state index contributed by atoms with van der Waals surface area (Å²) in [4.78, 5) is 1.31. The lowest BCUT2D eigenvalue weighted by atomic mass is 10.1. The molecular formula is C16H22N2S. The molecule has 3 heteroatoms. The van der Waals surface area contributed by atoms with E-state index in [0.29, 0.717) is 0 Å². The topological polar surface area (TPSA) is 24.1 Å². The Bertz CT molecular complexity index is 498. The van der Waals surface area contributed by atoms with E-state index in [1.807, 2.05) is 0 Å². The summed E-state index contributed by atoms with van der Waals surface area (Å²) in [5.74, 6) is 0. The minimum atomic E-state index is 0.176. The summed E-state index contributed by atoms with van der Waals surface area (Å²) in [5, 5.41) is 9.12. The van der Waals surface area contributed by atoms with E-state index in [4.69, 9.17) is 0 Å². The van der Waals surface area contributed by atoms with Crippen molar-refractivity contribution in [2.24, 2.45) is 0 Å². The van der Waals surface area contributed by atoms with Gasteiger partial charge in [-0.15, -0.1) is 11.3 Å².